The average Bonchev–Trinajstić information content (AvgIpc) is 2.37. The summed E-state index contributed by atoms with van der Waals surface area (Å²) in [6.45, 7) is 1.82. The van der Waals surface area contributed by atoms with E-state index in [2.05, 4.69) is 0 Å². The van der Waals surface area contributed by atoms with Crippen LogP contribution < -0.4 is 9.67 Å². The van der Waals surface area contributed by atoms with Gasteiger partial charge in [0.25, 0.3) is 0 Å². The molecule has 0 N–H and O–H groups in total. The summed E-state index contributed by atoms with van der Waals surface area (Å²) in [6.07, 6.45) is 5.79. The molecule has 0 aromatic carbocycles. The molecule has 0 spiro atoms. The second-order valence-electron chi connectivity index (χ2n) is 2.77. The van der Waals surface area contributed by atoms with E-state index in [0.717, 1.165) is 0 Å². The van der Waals surface area contributed by atoms with Crippen LogP contribution in [0.15, 0.2) is 18.7 Å². The van der Waals surface area contributed by atoms with E-state index in [1.807, 2.05) is 14.0 Å². The minimum absolute atomic E-state index is 0.539. The number of aromatic nitrogens is 2. The Kier molecular flexibility index (Phi) is 2.47. The highest BCUT2D eigenvalue weighted by Gasteiger charge is 2.14. The van der Waals surface area contributed by atoms with E-state index in [1.165, 1.54) is 0 Å². The highest BCUT2D eigenvalue weighted by Crippen LogP contribution is 2.07. The molecule has 0 aliphatic carbocycles. The van der Waals surface area contributed by atoms with Gasteiger partial charge in [0.15, 0.2) is 0 Å². The summed E-state index contributed by atoms with van der Waals surface area (Å²) in [5.41, 5.74) is 0. The quantitative estimate of drug-likeness (QED) is 0.544. The fourth-order valence-corrected chi connectivity index (χ4v) is 1.15. The van der Waals surface area contributed by atoms with Crippen molar-refractivity contribution in [3.63, 3.8) is 0 Å². The van der Waals surface area contributed by atoms with Gasteiger partial charge in [-0.25, -0.2) is 9.13 Å². The molecule has 1 aromatic rings. The van der Waals surface area contributed by atoms with Crippen LogP contribution in [0.4, 0.5) is 0 Å². The Morgan fingerprint density at radius 1 is 1.75 bits per heavy atom. The van der Waals surface area contributed by atoms with Crippen LogP contribution in [0.2, 0.25) is 0 Å². The lowest BCUT2D eigenvalue weighted by Gasteiger charge is -2.11. The molecule has 1 atom stereocenters. The van der Waals surface area contributed by atoms with Crippen LogP contribution in [-0.2, 0) is 11.8 Å². The molecule has 66 valence electrons. The Morgan fingerprint density at radius 2 is 2.42 bits per heavy atom. The third-order valence-corrected chi connectivity index (χ3v) is 1.81. The first-order valence-electron chi connectivity index (χ1n) is 3.88. The Labute approximate surface area is 71.1 Å². The standard InChI is InChI=1S/C8H12N2O2/c1-3-7(8(11)12)10-5-4-9(2)6-10/h4-7H,3H2,1-2H3. The van der Waals surface area contributed by atoms with Crippen molar-refractivity contribution in [3.05, 3.63) is 18.7 Å². The number of hydrogen-bond donors (Lipinski definition) is 0. The van der Waals surface area contributed by atoms with Gasteiger partial charge in [-0.15, -0.1) is 0 Å². The van der Waals surface area contributed by atoms with E-state index in [1.54, 1.807) is 27.9 Å². The van der Waals surface area contributed by atoms with E-state index in [-0.39, 0.29) is 0 Å². The van der Waals surface area contributed by atoms with Gasteiger partial charge in [0.2, 0.25) is 6.33 Å². The van der Waals surface area contributed by atoms with E-state index < -0.39 is 12.0 Å². The molecule has 4 nitrogen and oxygen atoms in total. The molecule has 1 unspecified atom stereocenters. The monoisotopic (exact) mass is 168 g/mol. The zero-order valence-corrected chi connectivity index (χ0v) is 7.23. The molecule has 1 rings (SSSR count). The Balaban J connectivity index is 2.87. The van der Waals surface area contributed by atoms with Crippen molar-refractivity contribution in [1.29, 1.82) is 0 Å². The molecular weight excluding hydrogens is 156 g/mol. The largest absolute Gasteiger partial charge is 0.546 e. The van der Waals surface area contributed by atoms with E-state index in [0.29, 0.717) is 6.42 Å². The molecule has 0 aliphatic rings. The maximum absolute atomic E-state index is 10.6. The van der Waals surface area contributed by atoms with Gasteiger partial charge in [0, 0.05) is 0 Å². The first-order valence-corrected chi connectivity index (χ1v) is 3.88. The molecule has 0 amide bonds. The van der Waals surface area contributed by atoms with Gasteiger partial charge in [0.05, 0.1) is 13.0 Å². The number of hydrogen-bond acceptors (Lipinski definition) is 2. The van der Waals surface area contributed by atoms with Gasteiger partial charge in [-0.05, 0) is 6.42 Å². The van der Waals surface area contributed by atoms with Crippen molar-refractivity contribution in [2.24, 2.45) is 7.05 Å². The summed E-state index contributed by atoms with van der Waals surface area (Å²) < 4.78 is 3.43. The Bertz CT molecular complexity index is 280. The van der Waals surface area contributed by atoms with Crippen LogP contribution in [-0.4, -0.2) is 10.5 Å². The number of rotatable bonds is 3. The van der Waals surface area contributed by atoms with Gasteiger partial charge in [0.1, 0.15) is 18.4 Å². The predicted molar refractivity (Wildman–Crippen MR) is 39.9 cm³/mol. The minimum atomic E-state index is -1.03. The smallest absolute Gasteiger partial charge is 0.244 e. The molecule has 4 heteroatoms. The SMILES string of the molecule is CCC(C(=O)[O-])n1cc[n+](C)c1. The first kappa shape index (κ1) is 8.77. The number of carboxylic acids is 1. The normalized spacial score (nSPS) is 12.8. The van der Waals surface area contributed by atoms with Gasteiger partial charge in [-0.1, -0.05) is 6.92 Å². The topological polar surface area (TPSA) is 48.9 Å². The van der Waals surface area contributed by atoms with Crippen molar-refractivity contribution in [2.75, 3.05) is 0 Å². The van der Waals surface area contributed by atoms with Gasteiger partial charge >= 0.3 is 0 Å². The van der Waals surface area contributed by atoms with E-state index >= 15 is 0 Å². The summed E-state index contributed by atoms with van der Waals surface area (Å²) in [4.78, 5) is 10.6. The minimum Gasteiger partial charge on any atom is -0.546 e. The van der Waals surface area contributed by atoms with Crippen molar-refractivity contribution in [1.82, 2.24) is 4.57 Å². The maximum Gasteiger partial charge on any atom is 0.244 e. The van der Waals surface area contributed by atoms with Gasteiger partial charge in [-0.2, -0.15) is 0 Å². The van der Waals surface area contributed by atoms with Crippen LogP contribution in [0.3, 0.4) is 0 Å². The van der Waals surface area contributed by atoms with Crippen LogP contribution in [0.1, 0.15) is 19.4 Å². The second-order valence-corrected chi connectivity index (χ2v) is 2.77. The molecule has 12 heavy (non-hydrogen) atoms. The fraction of sp³-hybridized carbons (Fsp3) is 0.500. The van der Waals surface area contributed by atoms with Gasteiger partial charge in [-0.3, -0.25) is 0 Å². The number of carbonyl (C=O) groups excluding carboxylic acids is 1. The predicted octanol–water partition coefficient (Wildman–Crippen LogP) is -0.986. The summed E-state index contributed by atoms with van der Waals surface area (Å²) in [5.74, 6) is -1.03. The number of aryl methyl sites for hydroxylation is 1. The van der Waals surface area contributed by atoms with Crippen LogP contribution >= 0.6 is 0 Å². The molecule has 0 saturated heterocycles. The molecule has 0 saturated carbocycles. The summed E-state index contributed by atoms with van der Waals surface area (Å²) in [6, 6.07) is -0.550. The highest BCUT2D eigenvalue weighted by molar-refractivity contribution is 5.69. The van der Waals surface area contributed by atoms with Crippen molar-refractivity contribution in [2.45, 2.75) is 19.4 Å². The highest BCUT2D eigenvalue weighted by atomic mass is 16.4. The summed E-state index contributed by atoms with van der Waals surface area (Å²) in [5, 5.41) is 10.6. The molecule has 0 aliphatic heterocycles. The van der Waals surface area contributed by atoms with Crippen molar-refractivity contribution >= 4 is 5.97 Å². The lowest BCUT2D eigenvalue weighted by molar-refractivity contribution is -0.671. The maximum atomic E-state index is 10.6. The van der Waals surface area contributed by atoms with Gasteiger partial charge < -0.3 is 9.90 Å². The van der Waals surface area contributed by atoms with Crippen molar-refractivity contribution in [3.8, 4) is 0 Å². The van der Waals surface area contributed by atoms with Crippen LogP contribution in [0.25, 0.3) is 0 Å². The average molecular weight is 168 g/mol. The number of carbonyl (C=O) groups is 1. The zero-order chi connectivity index (χ0) is 9.14. The molecule has 1 aromatic heterocycles. The Hall–Kier alpha value is -1.32. The third-order valence-electron chi connectivity index (χ3n) is 1.81. The summed E-state index contributed by atoms with van der Waals surface area (Å²) >= 11 is 0. The fourth-order valence-electron chi connectivity index (χ4n) is 1.15. The first-order chi connectivity index (χ1) is 5.65. The van der Waals surface area contributed by atoms with Crippen LogP contribution in [0, 0.1) is 0 Å². The molecular formula is C8H12N2O2. The zero-order valence-electron chi connectivity index (χ0n) is 7.23. The third kappa shape index (κ3) is 1.64. The Morgan fingerprint density at radius 3 is 2.75 bits per heavy atom. The number of nitrogens with zero attached hydrogens (tertiary/aromatic N) is 2. The van der Waals surface area contributed by atoms with Crippen LogP contribution in [0.5, 0.6) is 0 Å². The number of imidazole rings is 1. The van der Waals surface area contributed by atoms with Crippen molar-refractivity contribution < 1.29 is 14.5 Å². The lowest BCUT2D eigenvalue weighted by Crippen LogP contribution is -2.33. The van der Waals surface area contributed by atoms with E-state index in [4.69, 9.17) is 0 Å². The molecule has 0 radical (unpaired) electrons. The lowest BCUT2D eigenvalue weighted by atomic mass is 10.2. The summed E-state index contributed by atoms with van der Waals surface area (Å²) in [7, 11) is 1.85. The number of aliphatic carboxylic acids is 1. The second kappa shape index (κ2) is 3.38. The molecule has 0 fully saturated rings. The molecule has 0 bridgehead atoms. The van der Waals surface area contributed by atoms with E-state index in [9.17, 15) is 9.90 Å². The number of carboxylic acid groups (broad SMARTS) is 1. The molecule has 1 heterocycles.